The molecule has 0 amide bonds. The molecule has 396 valence electrons. The highest BCUT2D eigenvalue weighted by molar-refractivity contribution is 5.70. The summed E-state index contributed by atoms with van der Waals surface area (Å²) < 4.78 is 17.5. The Morgan fingerprint density at radius 2 is 0.662 bits per heavy atom. The summed E-state index contributed by atoms with van der Waals surface area (Å²) in [7, 11) is 0. The van der Waals surface area contributed by atoms with E-state index in [1.54, 1.807) is 0 Å². The third kappa shape index (κ3) is 56.2. The van der Waals surface area contributed by atoms with E-state index in [1.165, 1.54) is 186 Å². The fourth-order valence-electron chi connectivity index (χ4n) is 8.62. The van der Waals surface area contributed by atoms with Gasteiger partial charge in [-0.3, -0.25) is 9.59 Å². The van der Waals surface area contributed by atoms with Crippen molar-refractivity contribution in [1.82, 2.24) is 0 Å². The lowest BCUT2D eigenvalue weighted by atomic mass is 10.0. The molecule has 0 saturated heterocycles. The summed E-state index contributed by atoms with van der Waals surface area (Å²) in [5.74, 6) is -0.412. The van der Waals surface area contributed by atoms with Crippen LogP contribution in [0.15, 0.2) is 60.8 Å². The summed E-state index contributed by atoms with van der Waals surface area (Å²) >= 11 is 0. The van der Waals surface area contributed by atoms with Gasteiger partial charge in [0.05, 0.1) is 6.61 Å². The predicted molar refractivity (Wildman–Crippen MR) is 298 cm³/mol. The molecule has 0 fully saturated rings. The van der Waals surface area contributed by atoms with Crippen LogP contribution in [0.3, 0.4) is 0 Å². The SMILES string of the molecule is CC/C=C\C/C=C\C/C=C\C/C=C\CCCCCCC(=O)OC(COCCCCCCCCCCCCCCCCCC)COC(=O)CCCCCCCCCCC/C=C\CCCCCCCC. The number of carbonyl (C=O) groups is 2. The van der Waals surface area contributed by atoms with Crippen LogP contribution in [0.2, 0.25) is 0 Å². The van der Waals surface area contributed by atoms with E-state index in [-0.39, 0.29) is 25.2 Å². The zero-order valence-electron chi connectivity index (χ0n) is 45.6. The van der Waals surface area contributed by atoms with Gasteiger partial charge < -0.3 is 14.2 Å². The average molecular weight is 952 g/mol. The highest BCUT2D eigenvalue weighted by Gasteiger charge is 2.17. The number of ether oxygens (including phenoxy) is 3. The van der Waals surface area contributed by atoms with E-state index in [2.05, 4.69) is 81.5 Å². The van der Waals surface area contributed by atoms with Gasteiger partial charge in [-0.15, -0.1) is 0 Å². The molecule has 0 N–H and O–H groups in total. The molecule has 0 aromatic rings. The number of carbonyl (C=O) groups excluding carboxylic acids is 2. The maximum atomic E-state index is 12.9. The molecule has 5 heteroatoms. The second kappa shape index (κ2) is 58.9. The number of unbranched alkanes of at least 4 members (excludes halogenated alkanes) is 34. The topological polar surface area (TPSA) is 61.8 Å². The standard InChI is InChI=1S/C63H114O5/c1-4-7-10-13-16-19-22-25-28-31-32-34-35-38-41-44-47-50-53-56-62(64)67-60-61(59-66-58-55-52-49-46-43-40-37-30-27-24-21-18-15-12-9-6-3)68-63(65)57-54-51-48-45-42-39-36-33-29-26-23-20-17-14-11-8-5-2/h8,11,17,20,25-26,28-29,36,39,61H,4-7,9-10,12-16,18-19,21-24,27,30-35,37-38,40-60H2,1-3H3/b11-8-,20-17-,28-25-,29-26-,39-36-. The fourth-order valence-corrected chi connectivity index (χ4v) is 8.62. The van der Waals surface area contributed by atoms with Gasteiger partial charge in [0.2, 0.25) is 0 Å². The van der Waals surface area contributed by atoms with Crippen LogP contribution in [-0.2, 0) is 23.8 Å². The van der Waals surface area contributed by atoms with Gasteiger partial charge in [0, 0.05) is 19.4 Å². The largest absolute Gasteiger partial charge is 0.462 e. The van der Waals surface area contributed by atoms with Crippen molar-refractivity contribution < 1.29 is 23.8 Å². The van der Waals surface area contributed by atoms with Crippen LogP contribution in [0.25, 0.3) is 0 Å². The second-order valence-electron chi connectivity index (χ2n) is 19.9. The molecule has 0 spiro atoms. The Kier molecular flexibility index (Phi) is 56.8. The highest BCUT2D eigenvalue weighted by Crippen LogP contribution is 2.16. The van der Waals surface area contributed by atoms with Gasteiger partial charge in [0.25, 0.3) is 0 Å². The van der Waals surface area contributed by atoms with Crippen molar-refractivity contribution in [2.75, 3.05) is 19.8 Å². The van der Waals surface area contributed by atoms with Gasteiger partial charge in [-0.1, -0.05) is 268 Å². The third-order valence-corrected chi connectivity index (χ3v) is 13.0. The maximum Gasteiger partial charge on any atom is 0.306 e. The Bertz CT molecular complexity index is 1170. The molecule has 0 radical (unpaired) electrons. The van der Waals surface area contributed by atoms with Gasteiger partial charge >= 0.3 is 11.9 Å². The van der Waals surface area contributed by atoms with E-state index < -0.39 is 6.10 Å². The summed E-state index contributed by atoms with van der Waals surface area (Å²) in [6, 6.07) is 0. The molecule has 0 aliphatic rings. The third-order valence-electron chi connectivity index (χ3n) is 13.0. The molecular formula is C63H114O5. The van der Waals surface area contributed by atoms with Gasteiger partial charge in [0.1, 0.15) is 6.61 Å². The van der Waals surface area contributed by atoms with E-state index in [0.717, 1.165) is 83.5 Å². The highest BCUT2D eigenvalue weighted by atomic mass is 16.6. The van der Waals surface area contributed by atoms with Gasteiger partial charge in [0.15, 0.2) is 6.10 Å². The molecule has 68 heavy (non-hydrogen) atoms. The van der Waals surface area contributed by atoms with Gasteiger partial charge in [-0.2, -0.15) is 0 Å². The molecule has 0 bridgehead atoms. The van der Waals surface area contributed by atoms with Crippen LogP contribution < -0.4 is 0 Å². The molecule has 0 aromatic carbocycles. The zero-order valence-corrected chi connectivity index (χ0v) is 45.6. The first-order valence-corrected chi connectivity index (χ1v) is 29.8. The minimum Gasteiger partial charge on any atom is -0.462 e. The quantitative estimate of drug-likeness (QED) is 0.0345. The lowest BCUT2D eigenvalue weighted by molar-refractivity contribution is -0.163. The van der Waals surface area contributed by atoms with Crippen molar-refractivity contribution in [2.24, 2.45) is 0 Å². The zero-order chi connectivity index (χ0) is 49.2. The van der Waals surface area contributed by atoms with Crippen molar-refractivity contribution in [1.29, 1.82) is 0 Å². The van der Waals surface area contributed by atoms with E-state index in [9.17, 15) is 9.59 Å². The van der Waals surface area contributed by atoms with Crippen molar-refractivity contribution in [3.63, 3.8) is 0 Å². The second-order valence-corrected chi connectivity index (χ2v) is 19.9. The average Bonchev–Trinajstić information content (AvgIpc) is 3.34. The lowest BCUT2D eigenvalue weighted by Crippen LogP contribution is -2.30. The van der Waals surface area contributed by atoms with Gasteiger partial charge in [-0.25, -0.2) is 0 Å². The van der Waals surface area contributed by atoms with Crippen molar-refractivity contribution in [2.45, 2.75) is 309 Å². The normalized spacial score (nSPS) is 12.6. The van der Waals surface area contributed by atoms with Crippen LogP contribution in [0.5, 0.6) is 0 Å². The lowest BCUT2D eigenvalue weighted by Gasteiger charge is -2.18. The van der Waals surface area contributed by atoms with Crippen LogP contribution in [0, 0.1) is 0 Å². The summed E-state index contributed by atoms with van der Waals surface area (Å²) in [5.41, 5.74) is 0. The number of esters is 2. The first-order chi connectivity index (χ1) is 33.6. The fraction of sp³-hybridized carbons (Fsp3) is 0.810. The number of allylic oxidation sites excluding steroid dienone is 10. The van der Waals surface area contributed by atoms with E-state index in [1.807, 2.05) is 0 Å². The molecule has 1 atom stereocenters. The Labute approximate surface area is 424 Å². The first kappa shape index (κ1) is 65.6. The molecule has 0 rings (SSSR count). The number of rotatable bonds is 55. The van der Waals surface area contributed by atoms with Crippen molar-refractivity contribution >= 4 is 11.9 Å². The van der Waals surface area contributed by atoms with Crippen molar-refractivity contribution in [3.05, 3.63) is 60.8 Å². The molecular weight excluding hydrogens is 837 g/mol. The molecule has 0 aliphatic heterocycles. The van der Waals surface area contributed by atoms with Crippen LogP contribution in [0.4, 0.5) is 0 Å². The summed E-state index contributed by atoms with van der Waals surface area (Å²) in [6.07, 6.45) is 75.3. The predicted octanol–water partition coefficient (Wildman–Crippen LogP) is 20.5. The molecule has 0 aromatic heterocycles. The Hall–Kier alpha value is -2.40. The Morgan fingerprint density at radius 1 is 0.338 bits per heavy atom. The van der Waals surface area contributed by atoms with Crippen LogP contribution in [0.1, 0.15) is 303 Å². The Balaban J connectivity index is 4.28. The van der Waals surface area contributed by atoms with Crippen molar-refractivity contribution in [3.8, 4) is 0 Å². The van der Waals surface area contributed by atoms with Crippen LogP contribution >= 0.6 is 0 Å². The Morgan fingerprint density at radius 3 is 1.07 bits per heavy atom. The summed E-state index contributed by atoms with van der Waals surface area (Å²) in [6.45, 7) is 7.74. The van der Waals surface area contributed by atoms with Gasteiger partial charge in [-0.05, 0) is 83.5 Å². The molecule has 1 unspecified atom stereocenters. The van der Waals surface area contributed by atoms with E-state index in [4.69, 9.17) is 14.2 Å². The summed E-state index contributed by atoms with van der Waals surface area (Å²) in [4.78, 5) is 25.5. The first-order valence-electron chi connectivity index (χ1n) is 29.8. The van der Waals surface area contributed by atoms with E-state index in [0.29, 0.717) is 19.4 Å². The minimum absolute atomic E-state index is 0.0767. The monoisotopic (exact) mass is 951 g/mol. The number of hydrogen-bond donors (Lipinski definition) is 0. The smallest absolute Gasteiger partial charge is 0.306 e. The molecule has 0 saturated carbocycles. The molecule has 0 heterocycles. The van der Waals surface area contributed by atoms with Crippen LogP contribution in [-0.4, -0.2) is 37.9 Å². The molecule has 5 nitrogen and oxygen atoms in total. The summed E-state index contributed by atoms with van der Waals surface area (Å²) in [5, 5.41) is 0. The van der Waals surface area contributed by atoms with E-state index >= 15 is 0 Å². The minimum atomic E-state index is -0.549. The molecule has 0 aliphatic carbocycles. The maximum absolute atomic E-state index is 12.9. The number of hydrogen-bond acceptors (Lipinski definition) is 5.